The normalized spacial score (nSPS) is 14.7. The van der Waals surface area contributed by atoms with Crippen LogP contribution in [0.25, 0.3) is 21.5 Å². The molecule has 0 saturated carbocycles. The summed E-state index contributed by atoms with van der Waals surface area (Å²) in [6.45, 7) is 4.92. The number of benzene rings is 4. The molecule has 12 heteroatoms. The number of non-ortho nitro benzene ring substituents is 2. The van der Waals surface area contributed by atoms with Crippen molar-refractivity contribution in [1.29, 1.82) is 0 Å². The lowest BCUT2D eigenvalue weighted by atomic mass is 9.93. The average molecular weight is 583 g/mol. The monoisotopic (exact) mass is 582 g/mol. The topological polar surface area (TPSA) is 142 Å². The van der Waals surface area contributed by atoms with E-state index in [4.69, 9.17) is 0 Å². The maximum absolute atomic E-state index is 13.3. The van der Waals surface area contributed by atoms with Crippen LogP contribution in [-0.2, 0) is 13.1 Å². The van der Waals surface area contributed by atoms with E-state index in [9.17, 15) is 29.8 Å². The first-order valence-electron chi connectivity index (χ1n) is 14.1. The van der Waals surface area contributed by atoms with Crippen LogP contribution >= 0.6 is 0 Å². The second-order valence-electron chi connectivity index (χ2n) is 11.1. The maximum Gasteiger partial charge on any atom is 0.270 e. The quantitative estimate of drug-likeness (QED) is 0.120. The zero-order valence-electron chi connectivity index (χ0n) is 23.6. The van der Waals surface area contributed by atoms with E-state index in [0.29, 0.717) is 42.5 Å². The molecule has 2 aliphatic rings. The first-order chi connectivity index (χ1) is 20.7. The largest absolute Gasteiger partial charge is 0.314 e. The highest BCUT2D eigenvalue weighted by atomic mass is 16.6. The summed E-state index contributed by atoms with van der Waals surface area (Å²) in [5.74, 6) is -0.916. The van der Waals surface area contributed by atoms with Crippen LogP contribution in [-0.4, -0.2) is 82.7 Å². The van der Waals surface area contributed by atoms with Crippen LogP contribution in [0.2, 0.25) is 0 Å². The number of carbonyl (C=O) groups is 2. The molecule has 0 fully saturated rings. The second-order valence-corrected chi connectivity index (χ2v) is 11.1. The fourth-order valence-corrected chi connectivity index (χ4v) is 6.11. The Morgan fingerprint density at radius 2 is 1.42 bits per heavy atom. The maximum atomic E-state index is 13.3. The summed E-state index contributed by atoms with van der Waals surface area (Å²) in [6.07, 6.45) is 0. The molecule has 0 saturated heterocycles. The predicted octanol–water partition coefficient (Wildman–Crippen LogP) is 3.94. The lowest BCUT2D eigenvalue weighted by Crippen LogP contribution is -2.45. The van der Waals surface area contributed by atoms with Gasteiger partial charge in [0.05, 0.1) is 15.4 Å². The number of rotatable bonds is 11. The van der Waals surface area contributed by atoms with E-state index in [1.54, 1.807) is 30.3 Å². The molecule has 0 radical (unpaired) electrons. The van der Waals surface area contributed by atoms with E-state index in [-0.39, 0.29) is 28.4 Å². The number of hydrogen-bond donors (Lipinski definition) is 1. The molecule has 12 nitrogen and oxygen atoms in total. The number of likely N-dealkylation sites (N-methyl/N-ethyl adjacent to an activating group) is 1. The fraction of sp³-hybridized carbons (Fsp3) is 0.290. The highest BCUT2D eigenvalue weighted by Crippen LogP contribution is 2.34. The van der Waals surface area contributed by atoms with Gasteiger partial charge < -0.3 is 10.2 Å². The van der Waals surface area contributed by atoms with Crippen LogP contribution in [0.15, 0.2) is 60.7 Å². The Morgan fingerprint density at radius 1 is 0.767 bits per heavy atom. The van der Waals surface area contributed by atoms with E-state index in [2.05, 4.69) is 16.3 Å². The third-order valence-electron chi connectivity index (χ3n) is 8.23. The van der Waals surface area contributed by atoms with Crippen molar-refractivity contribution in [3.05, 3.63) is 103 Å². The molecule has 0 spiro atoms. The van der Waals surface area contributed by atoms with Crippen LogP contribution in [0, 0.1) is 20.2 Å². The Balaban J connectivity index is 1.000. The molecular formula is C31H30N6O6. The minimum atomic E-state index is -0.534. The number of amides is 2. The average Bonchev–Trinajstić information content (AvgIpc) is 2.99. The molecule has 2 heterocycles. The number of hydrogen-bond acceptors (Lipinski definition) is 9. The smallest absolute Gasteiger partial charge is 0.270 e. The molecule has 0 atom stereocenters. The number of nitro benzene ring substituents is 2. The predicted molar refractivity (Wildman–Crippen MR) is 161 cm³/mol. The highest BCUT2D eigenvalue weighted by molar-refractivity contribution is 6.25. The van der Waals surface area contributed by atoms with Crippen molar-refractivity contribution in [2.24, 2.45) is 0 Å². The van der Waals surface area contributed by atoms with Gasteiger partial charge in [0.1, 0.15) is 0 Å². The Morgan fingerprint density at radius 3 is 2.16 bits per heavy atom. The van der Waals surface area contributed by atoms with Crippen molar-refractivity contribution in [1.82, 2.24) is 20.0 Å². The van der Waals surface area contributed by atoms with Gasteiger partial charge in [-0.2, -0.15) is 0 Å². The molecular weight excluding hydrogens is 552 g/mol. The summed E-state index contributed by atoms with van der Waals surface area (Å²) in [5, 5.41) is 29.2. The molecule has 0 aromatic heterocycles. The Hall–Kier alpha value is -4.78. The Kier molecular flexibility index (Phi) is 7.57. The van der Waals surface area contributed by atoms with Crippen LogP contribution in [0.1, 0.15) is 31.8 Å². The molecule has 0 unspecified atom stereocenters. The molecule has 2 amide bonds. The van der Waals surface area contributed by atoms with Gasteiger partial charge in [0, 0.05) is 87.6 Å². The number of nitrogens with zero attached hydrogens (tertiary/aromatic N) is 5. The van der Waals surface area contributed by atoms with Crippen LogP contribution < -0.4 is 5.32 Å². The molecule has 6 rings (SSSR count). The van der Waals surface area contributed by atoms with Crippen molar-refractivity contribution < 1.29 is 19.4 Å². The van der Waals surface area contributed by atoms with Gasteiger partial charge in [-0.25, -0.2) is 0 Å². The number of nitro groups is 2. The molecule has 0 bridgehead atoms. The summed E-state index contributed by atoms with van der Waals surface area (Å²) in [7, 11) is 1.91. The first-order valence-corrected chi connectivity index (χ1v) is 14.1. The fourth-order valence-electron chi connectivity index (χ4n) is 6.11. The summed E-state index contributed by atoms with van der Waals surface area (Å²) >= 11 is 0. The van der Waals surface area contributed by atoms with Gasteiger partial charge in [0.2, 0.25) is 0 Å². The lowest BCUT2D eigenvalue weighted by molar-refractivity contribution is -0.384. The minimum Gasteiger partial charge on any atom is -0.314 e. The number of nitrogens with one attached hydrogen (secondary N) is 1. The van der Waals surface area contributed by atoms with Gasteiger partial charge in [0.15, 0.2) is 0 Å². The summed E-state index contributed by atoms with van der Waals surface area (Å²) < 4.78 is 0. The van der Waals surface area contributed by atoms with Crippen molar-refractivity contribution in [3.63, 3.8) is 0 Å². The minimum absolute atomic E-state index is 0.109. The van der Waals surface area contributed by atoms with Gasteiger partial charge >= 0.3 is 0 Å². The zero-order valence-corrected chi connectivity index (χ0v) is 23.6. The second kappa shape index (κ2) is 11.5. The molecule has 4 aromatic carbocycles. The SMILES string of the molecule is CN(CCNCCN1Cc2cccc3cc([N+](=O)[O-])cc(c23)C1)CCN1C(=O)c2cccc3cc([N+](=O)[O-])cc(c23)C1=O. The summed E-state index contributed by atoms with van der Waals surface area (Å²) in [5.41, 5.74) is 2.62. The third kappa shape index (κ3) is 5.43. The van der Waals surface area contributed by atoms with Crippen LogP contribution in [0.3, 0.4) is 0 Å². The van der Waals surface area contributed by atoms with Gasteiger partial charge in [-0.15, -0.1) is 0 Å². The van der Waals surface area contributed by atoms with Crippen LogP contribution in [0.5, 0.6) is 0 Å². The summed E-state index contributed by atoms with van der Waals surface area (Å²) in [4.78, 5) is 53.8. The molecule has 2 aliphatic heterocycles. The Labute approximate surface area is 246 Å². The third-order valence-corrected chi connectivity index (χ3v) is 8.23. The lowest BCUT2D eigenvalue weighted by Gasteiger charge is -2.29. The van der Waals surface area contributed by atoms with Crippen LogP contribution in [0.4, 0.5) is 11.4 Å². The van der Waals surface area contributed by atoms with Gasteiger partial charge in [-0.1, -0.05) is 30.3 Å². The summed E-state index contributed by atoms with van der Waals surface area (Å²) in [6, 6.07) is 16.9. The van der Waals surface area contributed by atoms with Crippen molar-refractivity contribution >= 4 is 44.7 Å². The van der Waals surface area contributed by atoms with Crippen molar-refractivity contribution in [2.45, 2.75) is 13.1 Å². The Bertz CT molecular complexity index is 1810. The van der Waals surface area contributed by atoms with Crippen molar-refractivity contribution in [3.8, 4) is 0 Å². The van der Waals surface area contributed by atoms with Gasteiger partial charge in [0.25, 0.3) is 23.2 Å². The first kappa shape index (κ1) is 28.3. The highest BCUT2D eigenvalue weighted by Gasteiger charge is 2.34. The zero-order chi connectivity index (χ0) is 30.2. The molecule has 220 valence electrons. The van der Waals surface area contributed by atoms with E-state index < -0.39 is 16.7 Å². The van der Waals surface area contributed by atoms with E-state index in [1.165, 1.54) is 22.6 Å². The molecule has 0 aliphatic carbocycles. The number of carbonyl (C=O) groups excluding carboxylic acids is 2. The van der Waals surface area contributed by atoms with Gasteiger partial charge in [-0.05, 0) is 40.4 Å². The van der Waals surface area contributed by atoms with E-state index in [0.717, 1.165) is 36.0 Å². The van der Waals surface area contributed by atoms with Gasteiger partial charge in [-0.3, -0.25) is 39.6 Å². The molecule has 43 heavy (non-hydrogen) atoms. The van der Waals surface area contributed by atoms with Crippen molar-refractivity contribution in [2.75, 3.05) is 46.3 Å². The van der Waals surface area contributed by atoms with E-state index >= 15 is 0 Å². The van der Waals surface area contributed by atoms with E-state index in [1.807, 2.05) is 24.1 Å². The standard InChI is InChI=1S/C31H30N6O6/c1-33(12-13-35-30(38)26-7-3-5-21-15-25(37(42)43)17-27(29(21)26)31(35)39)10-8-32-9-11-34-18-22-6-2-4-20-14-24(36(40)41)16-23(19-34)28(20)22/h2-7,14-17,32H,8-13,18-19H2,1H3. The molecule has 4 aromatic rings. The molecule has 1 N–H and O–H groups in total. The number of imide groups is 1.